The van der Waals surface area contributed by atoms with Gasteiger partial charge >= 0.3 is 5.97 Å². The molecule has 3 rings (SSSR count). The number of hydrogen-bond acceptors (Lipinski definition) is 4. The lowest BCUT2D eigenvalue weighted by Gasteiger charge is -2.05. The average Bonchev–Trinajstić information content (AvgIpc) is 2.89. The van der Waals surface area contributed by atoms with Gasteiger partial charge in [-0.15, -0.1) is 0 Å². The van der Waals surface area contributed by atoms with Crippen LogP contribution < -0.4 is 0 Å². The standard InChI is InChI=1S/C14H7FN4O2/c15-10-3-1-8(2-4-10)11-5-12(14(20)21)19-13(18-11)9(6-16)7-17-19/h1-5,7H,(H,20,21). The Balaban J connectivity index is 2.31. The van der Waals surface area contributed by atoms with E-state index < -0.39 is 11.8 Å². The summed E-state index contributed by atoms with van der Waals surface area (Å²) in [7, 11) is 0. The van der Waals surface area contributed by atoms with Gasteiger partial charge in [0.2, 0.25) is 0 Å². The van der Waals surface area contributed by atoms with Crippen molar-refractivity contribution in [2.45, 2.75) is 0 Å². The minimum absolute atomic E-state index is 0.124. The molecule has 2 heterocycles. The molecule has 0 amide bonds. The normalized spacial score (nSPS) is 10.5. The minimum Gasteiger partial charge on any atom is -0.477 e. The van der Waals surface area contributed by atoms with Crippen LogP contribution in [0.15, 0.2) is 36.5 Å². The molecule has 0 radical (unpaired) electrons. The van der Waals surface area contributed by atoms with Crippen molar-refractivity contribution in [3.8, 4) is 17.3 Å². The molecule has 0 unspecified atom stereocenters. The summed E-state index contributed by atoms with van der Waals surface area (Å²) in [4.78, 5) is 15.6. The highest BCUT2D eigenvalue weighted by atomic mass is 19.1. The zero-order valence-electron chi connectivity index (χ0n) is 10.5. The number of carboxylic acid groups (broad SMARTS) is 1. The predicted octanol–water partition coefficient (Wildman–Crippen LogP) is 2.11. The number of benzene rings is 1. The van der Waals surface area contributed by atoms with E-state index in [2.05, 4.69) is 10.1 Å². The molecule has 0 spiro atoms. The number of aromatic carboxylic acids is 1. The maximum Gasteiger partial charge on any atom is 0.354 e. The molecule has 0 saturated carbocycles. The Kier molecular flexibility index (Phi) is 2.84. The fourth-order valence-corrected chi connectivity index (χ4v) is 1.96. The van der Waals surface area contributed by atoms with Crippen molar-refractivity contribution in [1.29, 1.82) is 5.26 Å². The number of carbonyl (C=O) groups is 1. The second kappa shape index (κ2) is 4.68. The Bertz CT molecular complexity index is 894. The van der Waals surface area contributed by atoms with Crippen LogP contribution in [0.3, 0.4) is 0 Å². The molecular weight excluding hydrogens is 275 g/mol. The van der Waals surface area contributed by atoms with Crippen molar-refractivity contribution in [1.82, 2.24) is 14.6 Å². The molecule has 0 saturated heterocycles. The van der Waals surface area contributed by atoms with E-state index in [0.717, 1.165) is 4.52 Å². The van der Waals surface area contributed by atoms with E-state index in [0.29, 0.717) is 11.3 Å². The summed E-state index contributed by atoms with van der Waals surface area (Å²) in [5.41, 5.74) is 1.07. The summed E-state index contributed by atoms with van der Waals surface area (Å²) in [6.07, 6.45) is 1.25. The van der Waals surface area contributed by atoms with Gasteiger partial charge in [0.1, 0.15) is 17.4 Å². The molecule has 0 aliphatic rings. The molecule has 0 aliphatic heterocycles. The quantitative estimate of drug-likeness (QED) is 0.777. The van der Waals surface area contributed by atoms with Gasteiger partial charge < -0.3 is 5.11 Å². The van der Waals surface area contributed by atoms with Crippen molar-refractivity contribution in [3.05, 3.63) is 53.6 Å². The van der Waals surface area contributed by atoms with Crippen LogP contribution in [0, 0.1) is 17.1 Å². The van der Waals surface area contributed by atoms with Gasteiger partial charge in [-0.05, 0) is 30.3 Å². The first-order valence-electron chi connectivity index (χ1n) is 5.88. The van der Waals surface area contributed by atoms with Crippen LogP contribution in [0.25, 0.3) is 16.9 Å². The molecular formula is C14H7FN4O2. The van der Waals surface area contributed by atoms with E-state index >= 15 is 0 Å². The molecule has 3 aromatic rings. The summed E-state index contributed by atoms with van der Waals surface area (Å²) in [5, 5.41) is 22.1. The maximum absolute atomic E-state index is 13.0. The largest absolute Gasteiger partial charge is 0.477 e. The fraction of sp³-hybridized carbons (Fsp3) is 0. The molecule has 6 nitrogen and oxygen atoms in total. The highest BCUT2D eigenvalue weighted by molar-refractivity contribution is 5.88. The fourth-order valence-electron chi connectivity index (χ4n) is 1.96. The van der Waals surface area contributed by atoms with E-state index in [1.165, 1.54) is 36.5 Å². The molecule has 21 heavy (non-hydrogen) atoms. The zero-order chi connectivity index (χ0) is 15.0. The van der Waals surface area contributed by atoms with Crippen LogP contribution >= 0.6 is 0 Å². The van der Waals surface area contributed by atoms with Crippen LogP contribution in [-0.2, 0) is 0 Å². The third kappa shape index (κ3) is 2.08. The average molecular weight is 282 g/mol. The predicted molar refractivity (Wildman–Crippen MR) is 70.1 cm³/mol. The van der Waals surface area contributed by atoms with Crippen LogP contribution in [0.2, 0.25) is 0 Å². The van der Waals surface area contributed by atoms with E-state index in [9.17, 15) is 14.3 Å². The number of hydrogen-bond donors (Lipinski definition) is 1. The van der Waals surface area contributed by atoms with Gasteiger partial charge in [0.05, 0.1) is 11.9 Å². The summed E-state index contributed by atoms with van der Waals surface area (Å²) in [6, 6.07) is 8.72. The second-order valence-corrected chi connectivity index (χ2v) is 4.24. The second-order valence-electron chi connectivity index (χ2n) is 4.24. The Morgan fingerprint density at radius 2 is 2.05 bits per heavy atom. The topological polar surface area (TPSA) is 91.3 Å². The zero-order valence-corrected chi connectivity index (χ0v) is 10.5. The van der Waals surface area contributed by atoms with Gasteiger partial charge in [-0.1, -0.05) is 0 Å². The van der Waals surface area contributed by atoms with Crippen molar-refractivity contribution in [2.24, 2.45) is 0 Å². The number of halogens is 1. The SMILES string of the molecule is N#Cc1cnn2c(C(=O)O)cc(-c3ccc(F)cc3)nc12. The molecule has 1 N–H and O–H groups in total. The monoisotopic (exact) mass is 282 g/mol. The van der Waals surface area contributed by atoms with Gasteiger partial charge in [-0.3, -0.25) is 0 Å². The van der Waals surface area contributed by atoms with Gasteiger partial charge in [-0.2, -0.15) is 10.4 Å². The lowest BCUT2D eigenvalue weighted by molar-refractivity contribution is 0.0687. The van der Waals surface area contributed by atoms with E-state index in [4.69, 9.17) is 5.26 Å². The lowest BCUT2D eigenvalue weighted by atomic mass is 10.1. The van der Waals surface area contributed by atoms with E-state index in [1.54, 1.807) is 0 Å². The first kappa shape index (κ1) is 12.7. The Morgan fingerprint density at radius 1 is 1.33 bits per heavy atom. The molecule has 0 bridgehead atoms. The van der Waals surface area contributed by atoms with Gasteiger partial charge in [0, 0.05) is 5.56 Å². The molecule has 1 aromatic carbocycles. The van der Waals surface area contributed by atoms with Crippen LogP contribution in [0.1, 0.15) is 16.1 Å². The van der Waals surface area contributed by atoms with Crippen LogP contribution in [-0.4, -0.2) is 25.7 Å². The van der Waals surface area contributed by atoms with Gasteiger partial charge in [0.25, 0.3) is 0 Å². The van der Waals surface area contributed by atoms with E-state index in [-0.39, 0.29) is 16.9 Å². The number of nitrogens with zero attached hydrogens (tertiary/aromatic N) is 4. The number of carboxylic acids is 1. The van der Waals surface area contributed by atoms with Crippen molar-refractivity contribution in [2.75, 3.05) is 0 Å². The Labute approximate surface area is 117 Å². The maximum atomic E-state index is 13.0. The smallest absolute Gasteiger partial charge is 0.354 e. The summed E-state index contributed by atoms with van der Waals surface area (Å²) < 4.78 is 14.1. The molecule has 0 aliphatic carbocycles. The molecule has 0 fully saturated rings. The Hall–Kier alpha value is -3.27. The van der Waals surface area contributed by atoms with Gasteiger partial charge in [-0.25, -0.2) is 18.7 Å². The highest BCUT2D eigenvalue weighted by Crippen LogP contribution is 2.21. The number of aromatic nitrogens is 3. The number of fused-ring (bicyclic) bond motifs is 1. The highest BCUT2D eigenvalue weighted by Gasteiger charge is 2.16. The third-order valence-corrected chi connectivity index (χ3v) is 2.95. The minimum atomic E-state index is -1.20. The third-order valence-electron chi connectivity index (χ3n) is 2.95. The molecule has 0 atom stereocenters. The lowest BCUT2D eigenvalue weighted by Crippen LogP contribution is -2.08. The van der Waals surface area contributed by atoms with Gasteiger partial charge in [0.15, 0.2) is 11.3 Å². The first-order valence-corrected chi connectivity index (χ1v) is 5.88. The molecule has 2 aromatic heterocycles. The summed E-state index contributed by atoms with van der Waals surface area (Å²) >= 11 is 0. The number of rotatable bonds is 2. The molecule has 7 heteroatoms. The van der Waals surface area contributed by atoms with Crippen LogP contribution in [0.4, 0.5) is 4.39 Å². The summed E-state index contributed by atoms with van der Waals surface area (Å²) in [5.74, 6) is -1.60. The van der Waals surface area contributed by atoms with Crippen molar-refractivity contribution < 1.29 is 14.3 Å². The van der Waals surface area contributed by atoms with Crippen molar-refractivity contribution in [3.63, 3.8) is 0 Å². The van der Waals surface area contributed by atoms with Crippen molar-refractivity contribution >= 4 is 11.6 Å². The molecule has 102 valence electrons. The first-order chi connectivity index (χ1) is 10.1. The summed E-state index contributed by atoms with van der Waals surface area (Å²) in [6.45, 7) is 0. The Morgan fingerprint density at radius 3 is 2.67 bits per heavy atom. The van der Waals surface area contributed by atoms with Crippen LogP contribution in [0.5, 0.6) is 0 Å². The number of nitriles is 1. The van der Waals surface area contributed by atoms with E-state index in [1.807, 2.05) is 6.07 Å².